The molecular formula is C16H21F2NO4. The zero-order chi connectivity index (χ0) is 17.2. The maximum absolute atomic E-state index is 13.7. The molecule has 1 aromatic carbocycles. The Bertz CT molecular complexity index is 592. The Morgan fingerprint density at radius 3 is 2.65 bits per heavy atom. The summed E-state index contributed by atoms with van der Waals surface area (Å²) >= 11 is 0. The van der Waals surface area contributed by atoms with Crippen LogP contribution in [0.5, 0.6) is 11.5 Å². The van der Waals surface area contributed by atoms with Crippen LogP contribution < -0.4 is 9.47 Å². The van der Waals surface area contributed by atoms with Gasteiger partial charge < -0.3 is 14.6 Å². The van der Waals surface area contributed by atoms with Gasteiger partial charge in [0.1, 0.15) is 5.92 Å². The zero-order valence-electron chi connectivity index (χ0n) is 13.4. The third-order valence-electron chi connectivity index (χ3n) is 4.31. The molecule has 7 heteroatoms. The minimum atomic E-state index is -3.16. The summed E-state index contributed by atoms with van der Waals surface area (Å²) in [6.07, 6.45) is -0.448. The van der Waals surface area contributed by atoms with Gasteiger partial charge >= 0.3 is 5.97 Å². The minimum Gasteiger partial charge on any atom is -0.493 e. The van der Waals surface area contributed by atoms with Crippen molar-refractivity contribution >= 4 is 5.97 Å². The number of methoxy groups -OCH3 is 2. The van der Waals surface area contributed by atoms with Gasteiger partial charge in [-0.25, -0.2) is 8.78 Å². The number of hydrogen-bond acceptors (Lipinski definition) is 4. The molecule has 0 bridgehead atoms. The van der Waals surface area contributed by atoms with Crippen molar-refractivity contribution in [3.05, 3.63) is 23.3 Å². The highest BCUT2D eigenvalue weighted by molar-refractivity contribution is 5.71. The number of ether oxygens (including phenoxy) is 2. The summed E-state index contributed by atoms with van der Waals surface area (Å²) in [4.78, 5) is 12.8. The predicted octanol–water partition coefficient (Wildman–Crippen LogP) is 2.55. The average Bonchev–Trinajstić information content (AvgIpc) is 2.50. The van der Waals surface area contributed by atoms with Crippen LogP contribution in [0.1, 0.15) is 17.5 Å². The largest absolute Gasteiger partial charge is 0.493 e. The lowest BCUT2D eigenvalue weighted by Gasteiger charge is -2.36. The second-order valence-electron chi connectivity index (χ2n) is 5.72. The van der Waals surface area contributed by atoms with Gasteiger partial charge in [-0.3, -0.25) is 9.69 Å². The van der Waals surface area contributed by atoms with Crippen LogP contribution in [-0.2, 0) is 11.3 Å². The number of alkyl halides is 2. The number of aliphatic carboxylic acids is 1. The van der Waals surface area contributed by atoms with Gasteiger partial charge in [-0.1, -0.05) is 6.07 Å². The molecule has 1 aliphatic heterocycles. The van der Waals surface area contributed by atoms with E-state index in [0.29, 0.717) is 18.0 Å². The molecule has 0 saturated carbocycles. The molecule has 1 fully saturated rings. The highest BCUT2D eigenvalue weighted by Crippen LogP contribution is 2.36. The number of carbonyl (C=O) groups is 1. The van der Waals surface area contributed by atoms with E-state index in [1.54, 1.807) is 18.1 Å². The van der Waals surface area contributed by atoms with E-state index >= 15 is 0 Å². The summed E-state index contributed by atoms with van der Waals surface area (Å²) in [7, 11) is 3.08. The van der Waals surface area contributed by atoms with Crippen LogP contribution in [0, 0.1) is 12.8 Å². The number of halogens is 2. The van der Waals surface area contributed by atoms with E-state index in [0.717, 1.165) is 11.1 Å². The minimum absolute atomic E-state index is 0.157. The lowest BCUT2D eigenvalue weighted by molar-refractivity contribution is -0.167. The lowest BCUT2D eigenvalue weighted by atomic mass is 9.93. The fraction of sp³-hybridized carbons (Fsp3) is 0.562. The molecule has 23 heavy (non-hydrogen) atoms. The summed E-state index contributed by atoms with van der Waals surface area (Å²) in [5.74, 6) is -5.08. The Morgan fingerprint density at radius 1 is 1.39 bits per heavy atom. The number of nitrogens with zero attached hydrogens (tertiary/aromatic N) is 1. The summed E-state index contributed by atoms with van der Waals surface area (Å²) < 4.78 is 37.9. The normalized spacial score (nSPS) is 21.0. The van der Waals surface area contributed by atoms with E-state index in [2.05, 4.69) is 0 Å². The zero-order valence-corrected chi connectivity index (χ0v) is 13.4. The van der Waals surface area contributed by atoms with Crippen molar-refractivity contribution in [2.45, 2.75) is 25.8 Å². The highest BCUT2D eigenvalue weighted by Gasteiger charge is 2.48. The molecule has 128 valence electrons. The van der Waals surface area contributed by atoms with Gasteiger partial charge in [-0.2, -0.15) is 0 Å². The second kappa shape index (κ2) is 6.70. The van der Waals surface area contributed by atoms with Crippen molar-refractivity contribution in [2.24, 2.45) is 5.92 Å². The second-order valence-corrected chi connectivity index (χ2v) is 5.72. The molecule has 2 rings (SSSR count). The number of carboxylic acid groups (broad SMARTS) is 1. The van der Waals surface area contributed by atoms with Gasteiger partial charge in [0.15, 0.2) is 11.5 Å². The highest BCUT2D eigenvalue weighted by atomic mass is 19.3. The van der Waals surface area contributed by atoms with Gasteiger partial charge in [0.05, 0.1) is 14.2 Å². The Labute approximate surface area is 133 Å². The van der Waals surface area contributed by atoms with Gasteiger partial charge in [-0.15, -0.1) is 0 Å². The number of likely N-dealkylation sites (tertiary alicyclic amines) is 1. The van der Waals surface area contributed by atoms with Gasteiger partial charge in [0.25, 0.3) is 5.92 Å². The topological polar surface area (TPSA) is 59.0 Å². The van der Waals surface area contributed by atoms with Crippen LogP contribution in [-0.4, -0.2) is 49.2 Å². The molecule has 1 aromatic rings. The van der Waals surface area contributed by atoms with Crippen molar-refractivity contribution in [2.75, 3.05) is 27.3 Å². The Morgan fingerprint density at radius 2 is 2.09 bits per heavy atom. The summed E-state index contributed by atoms with van der Waals surface area (Å²) in [6.45, 7) is 2.25. The predicted molar refractivity (Wildman–Crippen MR) is 80.2 cm³/mol. The van der Waals surface area contributed by atoms with Crippen LogP contribution in [0.25, 0.3) is 0 Å². The van der Waals surface area contributed by atoms with E-state index in [1.807, 2.05) is 13.0 Å². The van der Waals surface area contributed by atoms with E-state index in [1.165, 1.54) is 7.11 Å². The number of hydrogen-bond donors (Lipinski definition) is 1. The van der Waals surface area contributed by atoms with E-state index in [9.17, 15) is 13.6 Å². The molecule has 1 saturated heterocycles. The number of rotatable bonds is 5. The first-order valence-electron chi connectivity index (χ1n) is 7.33. The SMILES string of the molecule is COc1ccc(CN2CCC(F)(F)C(C(=O)O)C2)c(C)c1OC. The maximum Gasteiger partial charge on any atom is 0.313 e. The van der Waals surface area contributed by atoms with Crippen molar-refractivity contribution in [1.29, 1.82) is 0 Å². The van der Waals surface area contributed by atoms with Crippen LogP contribution in [0.15, 0.2) is 12.1 Å². The van der Waals surface area contributed by atoms with E-state index < -0.39 is 24.2 Å². The number of carboxylic acids is 1. The summed E-state index contributed by atoms with van der Waals surface area (Å²) in [6, 6.07) is 3.60. The van der Waals surface area contributed by atoms with Gasteiger partial charge in [0, 0.05) is 26.1 Å². The van der Waals surface area contributed by atoms with Crippen molar-refractivity contribution in [1.82, 2.24) is 4.90 Å². The van der Waals surface area contributed by atoms with E-state index in [4.69, 9.17) is 14.6 Å². The monoisotopic (exact) mass is 329 g/mol. The van der Waals surface area contributed by atoms with Crippen molar-refractivity contribution < 1.29 is 28.2 Å². The smallest absolute Gasteiger partial charge is 0.313 e. The Balaban J connectivity index is 2.18. The lowest BCUT2D eigenvalue weighted by Crippen LogP contribution is -2.50. The van der Waals surface area contributed by atoms with Crippen LogP contribution in [0.4, 0.5) is 8.78 Å². The first-order chi connectivity index (χ1) is 10.8. The third kappa shape index (κ3) is 3.55. The third-order valence-corrected chi connectivity index (χ3v) is 4.31. The quantitative estimate of drug-likeness (QED) is 0.900. The molecule has 1 atom stereocenters. The Hall–Kier alpha value is -1.89. The van der Waals surface area contributed by atoms with Gasteiger partial charge in [0.2, 0.25) is 0 Å². The number of benzene rings is 1. The fourth-order valence-corrected chi connectivity index (χ4v) is 2.90. The average molecular weight is 329 g/mol. The molecule has 0 radical (unpaired) electrons. The summed E-state index contributed by atoms with van der Waals surface area (Å²) in [5.41, 5.74) is 1.76. The van der Waals surface area contributed by atoms with Crippen molar-refractivity contribution in [3.8, 4) is 11.5 Å². The van der Waals surface area contributed by atoms with Crippen molar-refractivity contribution in [3.63, 3.8) is 0 Å². The molecule has 0 amide bonds. The molecule has 5 nitrogen and oxygen atoms in total. The molecule has 1 N–H and O–H groups in total. The standard InChI is InChI=1S/C16H21F2NO4/c1-10-11(4-5-13(22-2)14(10)23-3)8-19-7-6-16(17,18)12(9-19)15(20)21/h4-5,12H,6-9H2,1-3H3,(H,20,21). The summed E-state index contributed by atoms with van der Waals surface area (Å²) in [5, 5.41) is 9.02. The first kappa shape index (κ1) is 17.5. The first-order valence-corrected chi connectivity index (χ1v) is 7.33. The molecule has 0 spiro atoms. The van der Waals surface area contributed by atoms with Crippen LogP contribution in [0.3, 0.4) is 0 Å². The molecule has 0 aliphatic carbocycles. The Kier molecular flexibility index (Phi) is 5.09. The van der Waals surface area contributed by atoms with Crippen LogP contribution >= 0.6 is 0 Å². The molecular weight excluding hydrogens is 308 g/mol. The number of piperidine rings is 1. The molecule has 1 aliphatic rings. The molecule has 1 unspecified atom stereocenters. The van der Waals surface area contributed by atoms with E-state index in [-0.39, 0.29) is 13.1 Å². The van der Waals surface area contributed by atoms with Crippen LogP contribution in [0.2, 0.25) is 0 Å². The fourth-order valence-electron chi connectivity index (χ4n) is 2.90. The molecule has 1 heterocycles. The van der Waals surface area contributed by atoms with Gasteiger partial charge in [-0.05, 0) is 24.1 Å². The maximum atomic E-state index is 13.7. The molecule has 0 aromatic heterocycles.